The van der Waals surface area contributed by atoms with Gasteiger partial charge in [0.05, 0.1) is 24.8 Å². The Morgan fingerprint density at radius 1 is 1.03 bits per heavy atom. The van der Waals surface area contributed by atoms with Gasteiger partial charge >= 0.3 is 0 Å². The normalized spacial score (nSPS) is 11.6. The molecule has 0 fully saturated rings. The number of carbonyl (C=O) groups excluding carboxylic acids is 1. The van der Waals surface area contributed by atoms with Crippen molar-refractivity contribution in [2.24, 2.45) is 0 Å². The van der Waals surface area contributed by atoms with Crippen molar-refractivity contribution < 1.29 is 15.0 Å². The van der Waals surface area contributed by atoms with Crippen LogP contribution in [0.15, 0.2) is 60.7 Å². The van der Waals surface area contributed by atoms with E-state index in [0.717, 1.165) is 33.4 Å². The number of aliphatic hydroxyl groups excluding tert-OH is 2. The molecule has 1 unspecified atom stereocenters. The molecule has 0 heterocycles. The molecule has 0 bridgehead atoms. The highest BCUT2D eigenvalue weighted by molar-refractivity contribution is 5.97. The Kier molecular flexibility index (Phi) is 6.63. The molecule has 3 rings (SSSR count). The summed E-state index contributed by atoms with van der Waals surface area (Å²) in [6.07, 6.45) is 0. The van der Waals surface area contributed by atoms with Crippen LogP contribution >= 0.6 is 0 Å². The SMILES string of the molecule is Cc1ccc(-c2cc(C(=O)NC(C)CO)cc(-c3ccccc3CO)c2)c(C#N)c1. The fourth-order valence-electron chi connectivity index (χ4n) is 3.36. The summed E-state index contributed by atoms with van der Waals surface area (Å²) in [5.74, 6) is -0.313. The first-order valence-corrected chi connectivity index (χ1v) is 9.74. The summed E-state index contributed by atoms with van der Waals surface area (Å²) in [6.45, 7) is 3.35. The molecule has 3 N–H and O–H groups in total. The maximum atomic E-state index is 12.8. The van der Waals surface area contributed by atoms with Gasteiger partial charge in [0, 0.05) is 11.6 Å². The van der Waals surface area contributed by atoms with E-state index in [2.05, 4.69) is 11.4 Å². The predicted octanol–water partition coefficient (Wildman–Crippen LogP) is 3.80. The average Bonchev–Trinajstić information content (AvgIpc) is 2.78. The first-order chi connectivity index (χ1) is 14.5. The van der Waals surface area contributed by atoms with Gasteiger partial charge in [0.2, 0.25) is 0 Å². The van der Waals surface area contributed by atoms with Gasteiger partial charge in [0.1, 0.15) is 0 Å². The lowest BCUT2D eigenvalue weighted by Crippen LogP contribution is -2.35. The molecule has 0 aliphatic heterocycles. The highest BCUT2D eigenvalue weighted by Crippen LogP contribution is 2.32. The number of nitriles is 1. The maximum Gasteiger partial charge on any atom is 0.251 e. The molecule has 1 atom stereocenters. The number of aliphatic hydroxyl groups is 2. The van der Waals surface area contributed by atoms with Crippen molar-refractivity contribution in [3.05, 3.63) is 82.9 Å². The zero-order valence-electron chi connectivity index (χ0n) is 17.0. The predicted molar refractivity (Wildman–Crippen MR) is 117 cm³/mol. The zero-order valence-corrected chi connectivity index (χ0v) is 17.0. The van der Waals surface area contributed by atoms with Gasteiger partial charge in [0.25, 0.3) is 5.91 Å². The summed E-state index contributed by atoms with van der Waals surface area (Å²) in [7, 11) is 0. The fraction of sp³-hybridized carbons (Fsp3) is 0.200. The standard InChI is InChI=1S/C25H24N2O3/c1-16-7-8-24(22(9-16)13-26)20-10-19(23-6-4-3-5-18(23)15-29)11-21(12-20)25(30)27-17(2)14-28/h3-12,17,28-29H,14-15H2,1-2H3,(H,27,30). The molecule has 0 saturated carbocycles. The molecule has 1 amide bonds. The highest BCUT2D eigenvalue weighted by atomic mass is 16.3. The quantitative estimate of drug-likeness (QED) is 0.587. The van der Waals surface area contributed by atoms with E-state index in [0.29, 0.717) is 11.1 Å². The molecule has 0 aromatic heterocycles. The van der Waals surface area contributed by atoms with Crippen LogP contribution in [0.4, 0.5) is 0 Å². The van der Waals surface area contributed by atoms with Crippen molar-refractivity contribution in [1.82, 2.24) is 5.32 Å². The molecule has 0 aliphatic carbocycles. The van der Waals surface area contributed by atoms with E-state index in [9.17, 15) is 20.3 Å². The Morgan fingerprint density at radius 3 is 2.40 bits per heavy atom. The van der Waals surface area contributed by atoms with Crippen molar-refractivity contribution >= 4 is 5.91 Å². The lowest BCUT2D eigenvalue weighted by molar-refractivity contribution is 0.0922. The van der Waals surface area contributed by atoms with E-state index < -0.39 is 0 Å². The van der Waals surface area contributed by atoms with Gasteiger partial charge in [-0.15, -0.1) is 0 Å². The molecular weight excluding hydrogens is 376 g/mol. The first-order valence-electron chi connectivity index (χ1n) is 9.74. The summed E-state index contributed by atoms with van der Waals surface area (Å²) in [5.41, 5.74) is 5.72. The van der Waals surface area contributed by atoms with Crippen LogP contribution in [0.2, 0.25) is 0 Å². The largest absolute Gasteiger partial charge is 0.394 e. The first kappa shape index (κ1) is 21.3. The van der Waals surface area contributed by atoms with Gasteiger partial charge in [0.15, 0.2) is 0 Å². The third-order valence-electron chi connectivity index (χ3n) is 4.95. The lowest BCUT2D eigenvalue weighted by Gasteiger charge is -2.15. The zero-order chi connectivity index (χ0) is 21.7. The number of rotatable bonds is 6. The minimum Gasteiger partial charge on any atom is -0.394 e. The van der Waals surface area contributed by atoms with Crippen LogP contribution in [0.25, 0.3) is 22.3 Å². The molecule has 0 spiro atoms. The Morgan fingerprint density at radius 2 is 1.73 bits per heavy atom. The Hall–Kier alpha value is -3.46. The van der Waals surface area contributed by atoms with E-state index >= 15 is 0 Å². The number of benzene rings is 3. The number of aryl methyl sites for hydroxylation is 1. The molecule has 3 aromatic rings. The molecule has 0 aliphatic rings. The van der Waals surface area contributed by atoms with Crippen LogP contribution in [0.5, 0.6) is 0 Å². The summed E-state index contributed by atoms with van der Waals surface area (Å²) in [5, 5.41) is 31.4. The molecule has 3 aromatic carbocycles. The molecule has 5 heteroatoms. The van der Waals surface area contributed by atoms with Crippen LogP contribution in [-0.2, 0) is 6.61 Å². The van der Waals surface area contributed by atoms with Gasteiger partial charge in [-0.1, -0.05) is 36.4 Å². The minimum absolute atomic E-state index is 0.128. The number of nitrogens with one attached hydrogen (secondary N) is 1. The third-order valence-corrected chi connectivity index (χ3v) is 4.95. The molecule has 30 heavy (non-hydrogen) atoms. The smallest absolute Gasteiger partial charge is 0.251 e. The Bertz CT molecular complexity index is 1120. The summed E-state index contributed by atoms with van der Waals surface area (Å²) in [4.78, 5) is 12.8. The van der Waals surface area contributed by atoms with Gasteiger partial charge in [-0.2, -0.15) is 5.26 Å². The minimum atomic E-state index is -0.386. The van der Waals surface area contributed by atoms with E-state index in [1.807, 2.05) is 55.5 Å². The Labute approximate surface area is 176 Å². The monoisotopic (exact) mass is 400 g/mol. The van der Waals surface area contributed by atoms with Gasteiger partial charge in [-0.05, 0) is 71.5 Å². The highest BCUT2D eigenvalue weighted by Gasteiger charge is 2.16. The molecular formula is C25H24N2O3. The van der Waals surface area contributed by atoms with E-state index in [1.165, 1.54) is 0 Å². The van der Waals surface area contributed by atoms with Crippen LogP contribution in [0.1, 0.15) is 34.0 Å². The van der Waals surface area contributed by atoms with Crippen molar-refractivity contribution in [2.45, 2.75) is 26.5 Å². The fourth-order valence-corrected chi connectivity index (χ4v) is 3.36. The van der Waals surface area contributed by atoms with Crippen molar-refractivity contribution in [1.29, 1.82) is 5.26 Å². The summed E-state index contributed by atoms with van der Waals surface area (Å²) >= 11 is 0. The van der Waals surface area contributed by atoms with Crippen molar-refractivity contribution in [3.63, 3.8) is 0 Å². The average molecular weight is 400 g/mol. The molecule has 0 saturated heterocycles. The summed E-state index contributed by atoms with van der Waals surface area (Å²) < 4.78 is 0. The van der Waals surface area contributed by atoms with Gasteiger partial charge in [-0.25, -0.2) is 0 Å². The number of hydrogen-bond donors (Lipinski definition) is 3. The van der Waals surface area contributed by atoms with Crippen LogP contribution in [0, 0.1) is 18.3 Å². The molecule has 152 valence electrons. The topological polar surface area (TPSA) is 93.3 Å². The van der Waals surface area contributed by atoms with Crippen molar-refractivity contribution in [3.8, 4) is 28.3 Å². The number of carbonyl (C=O) groups is 1. The second-order valence-electron chi connectivity index (χ2n) is 7.33. The molecule has 5 nitrogen and oxygen atoms in total. The van der Waals surface area contributed by atoms with E-state index in [1.54, 1.807) is 19.1 Å². The van der Waals surface area contributed by atoms with Crippen LogP contribution in [0.3, 0.4) is 0 Å². The van der Waals surface area contributed by atoms with Gasteiger partial charge in [-0.3, -0.25) is 4.79 Å². The van der Waals surface area contributed by atoms with E-state index in [-0.39, 0.29) is 25.2 Å². The van der Waals surface area contributed by atoms with E-state index in [4.69, 9.17) is 0 Å². The Balaban J connectivity index is 2.21. The second-order valence-corrected chi connectivity index (χ2v) is 7.33. The number of hydrogen-bond acceptors (Lipinski definition) is 4. The maximum absolute atomic E-state index is 12.8. The number of amides is 1. The molecule has 0 radical (unpaired) electrons. The van der Waals surface area contributed by atoms with Gasteiger partial charge < -0.3 is 15.5 Å². The second kappa shape index (κ2) is 9.36. The third kappa shape index (κ3) is 4.57. The lowest BCUT2D eigenvalue weighted by atomic mass is 9.91. The summed E-state index contributed by atoms with van der Waals surface area (Å²) in [6, 6.07) is 20.4. The van der Waals surface area contributed by atoms with Crippen LogP contribution in [-0.4, -0.2) is 28.8 Å². The van der Waals surface area contributed by atoms with Crippen LogP contribution < -0.4 is 5.32 Å². The van der Waals surface area contributed by atoms with Crippen molar-refractivity contribution in [2.75, 3.05) is 6.61 Å². The number of nitrogens with zero attached hydrogens (tertiary/aromatic N) is 1.